The highest BCUT2D eigenvalue weighted by Gasteiger charge is 2.32. The van der Waals surface area contributed by atoms with Gasteiger partial charge in [-0.3, -0.25) is 14.4 Å². The summed E-state index contributed by atoms with van der Waals surface area (Å²) in [7, 11) is 0. The Morgan fingerprint density at radius 3 is 2.89 bits per heavy atom. The minimum Gasteiger partial charge on any atom is -0.337 e. The number of hydrogen-bond donors (Lipinski definition) is 2. The van der Waals surface area contributed by atoms with Crippen LogP contribution in [0.2, 0.25) is 0 Å². The number of halogens is 1. The minimum atomic E-state index is -0.0337. The van der Waals surface area contributed by atoms with Crippen LogP contribution in [0.5, 0.6) is 0 Å². The topological polar surface area (TPSA) is 81.8 Å². The van der Waals surface area contributed by atoms with Crippen LogP contribution in [0.15, 0.2) is 23.1 Å². The lowest BCUT2D eigenvalue weighted by molar-refractivity contribution is -0.135. The zero-order valence-corrected chi connectivity index (χ0v) is 17.2. The number of fused-ring (bicyclic) bond motifs is 1. The van der Waals surface area contributed by atoms with Crippen molar-refractivity contribution in [2.24, 2.45) is 0 Å². The standard InChI is InChI=1S/C19H24N4O3S.ClH/c24-17-5-9-27-16-4-3-13(10-15(16)21-17)19(26)22-7-1-2-14(12-22)23-8-6-20-11-18(23)25;/h3-4,10,14,20H,1-2,5-9,11-12H2,(H,21,24);1H. The highest BCUT2D eigenvalue weighted by Crippen LogP contribution is 2.32. The zero-order valence-electron chi connectivity index (χ0n) is 15.6. The van der Waals surface area contributed by atoms with Gasteiger partial charge in [0.2, 0.25) is 11.8 Å². The Morgan fingerprint density at radius 2 is 2.07 bits per heavy atom. The summed E-state index contributed by atoms with van der Waals surface area (Å²) in [4.78, 5) is 41.8. The Labute approximate surface area is 175 Å². The molecule has 3 amide bonds. The smallest absolute Gasteiger partial charge is 0.254 e. The molecule has 2 fully saturated rings. The maximum Gasteiger partial charge on any atom is 0.254 e. The molecule has 0 bridgehead atoms. The van der Waals surface area contributed by atoms with Crippen LogP contribution >= 0.6 is 24.2 Å². The van der Waals surface area contributed by atoms with Crippen molar-refractivity contribution >= 4 is 47.6 Å². The van der Waals surface area contributed by atoms with Crippen LogP contribution in [0.3, 0.4) is 0 Å². The summed E-state index contributed by atoms with van der Waals surface area (Å²) in [5.41, 5.74) is 1.31. The van der Waals surface area contributed by atoms with Gasteiger partial charge in [-0.25, -0.2) is 0 Å². The Hall–Kier alpha value is -1.77. The fourth-order valence-corrected chi connectivity index (χ4v) is 4.87. The molecule has 9 heteroatoms. The Bertz CT molecular complexity index is 776. The first-order valence-electron chi connectivity index (χ1n) is 9.48. The summed E-state index contributed by atoms with van der Waals surface area (Å²) >= 11 is 1.63. The largest absolute Gasteiger partial charge is 0.337 e. The highest BCUT2D eigenvalue weighted by atomic mass is 35.5. The van der Waals surface area contributed by atoms with Gasteiger partial charge < -0.3 is 20.4 Å². The van der Waals surface area contributed by atoms with E-state index in [1.54, 1.807) is 17.8 Å². The van der Waals surface area contributed by atoms with Gasteiger partial charge in [0.15, 0.2) is 0 Å². The van der Waals surface area contributed by atoms with E-state index in [0.29, 0.717) is 38.2 Å². The number of likely N-dealkylation sites (tertiary alicyclic amines) is 1. The number of rotatable bonds is 2. The third kappa shape index (κ3) is 4.45. The number of anilines is 1. The fraction of sp³-hybridized carbons (Fsp3) is 0.526. The van der Waals surface area contributed by atoms with Crippen LogP contribution in [0, 0.1) is 0 Å². The molecule has 3 heterocycles. The van der Waals surface area contributed by atoms with Gasteiger partial charge in [-0.15, -0.1) is 24.2 Å². The van der Waals surface area contributed by atoms with Crippen LogP contribution in [-0.2, 0) is 9.59 Å². The Morgan fingerprint density at radius 1 is 1.21 bits per heavy atom. The molecule has 1 atom stereocenters. The van der Waals surface area contributed by atoms with Gasteiger partial charge in [0.05, 0.1) is 12.2 Å². The number of nitrogens with zero attached hydrogens (tertiary/aromatic N) is 2. The summed E-state index contributed by atoms with van der Waals surface area (Å²) in [6.45, 7) is 3.16. The molecule has 0 saturated carbocycles. The highest BCUT2D eigenvalue weighted by molar-refractivity contribution is 7.99. The second-order valence-corrected chi connectivity index (χ2v) is 8.31. The lowest BCUT2D eigenvalue weighted by Gasteiger charge is -2.41. The molecule has 4 rings (SSSR count). The molecule has 2 saturated heterocycles. The maximum atomic E-state index is 13.1. The van der Waals surface area contributed by atoms with Crippen LogP contribution in [0.25, 0.3) is 0 Å². The number of nitrogens with one attached hydrogen (secondary N) is 2. The number of benzene rings is 1. The molecule has 3 aliphatic rings. The number of amides is 3. The lowest BCUT2D eigenvalue weighted by Crippen LogP contribution is -2.57. The quantitative estimate of drug-likeness (QED) is 0.753. The molecule has 0 radical (unpaired) electrons. The summed E-state index contributed by atoms with van der Waals surface area (Å²) in [5.74, 6) is 0.818. The number of piperidine rings is 1. The molecular formula is C19H25ClN4O3S. The number of carbonyl (C=O) groups is 3. The third-order valence-electron chi connectivity index (χ3n) is 5.34. The van der Waals surface area contributed by atoms with Crippen molar-refractivity contribution in [3.63, 3.8) is 0 Å². The molecular weight excluding hydrogens is 400 g/mol. The second kappa shape index (κ2) is 9.15. The molecule has 28 heavy (non-hydrogen) atoms. The number of carbonyl (C=O) groups excluding carboxylic acids is 3. The van der Waals surface area contributed by atoms with Crippen LogP contribution in [-0.4, -0.2) is 72.0 Å². The number of thioether (sulfide) groups is 1. The predicted octanol–water partition coefficient (Wildman–Crippen LogP) is 1.58. The lowest BCUT2D eigenvalue weighted by atomic mass is 10.0. The van der Waals surface area contributed by atoms with E-state index >= 15 is 0 Å². The molecule has 1 aromatic rings. The van der Waals surface area contributed by atoms with E-state index in [4.69, 9.17) is 0 Å². The number of hydrogen-bond acceptors (Lipinski definition) is 5. The summed E-state index contributed by atoms with van der Waals surface area (Å²) < 4.78 is 0. The zero-order chi connectivity index (χ0) is 18.8. The first-order chi connectivity index (χ1) is 13.1. The van der Waals surface area contributed by atoms with Crippen molar-refractivity contribution in [1.82, 2.24) is 15.1 Å². The van der Waals surface area contributed by atoms with Gasteiger partial charge in [-0.1, -0.05) is 0 Å². The van der Waals surface area contributed by atoms with E-state index in [1.807, 2.05) is 21.9 Å². The molecule has 7 nitrogen and oxygen atoms in total. The average molecular weight is 425 g/mol. The molecule has 152 valence electrons. The molecule has 3 aliphatic heterocycles. The van der Waals surface area contributed by atoms with Crippen molar-refractivity contribution in [2.75, 3.05) is 43.8 Å². The summed E-state index contributed by atoms with van der Waals surface area (Å²) in [6.07, 6.45) is 2.31. The van der Waals surface area contributed by atoms with Gasteiger partial charge in [0.25, 0.3) is 5.91 Å². The maximum absolute atomic E-state index is 13.1. The summed E-state index contributed by atoms with van der Waals surface area (Å²) in [5, 5.41) is 5.99. The minimum absolute atomic E-state index is 0. The SMILES string of the molecule is Cl.O=C1CCSc2ccc(C(=O)N3CCCC(N4CCNCC4=O)C3)cc2N1. The Balaban J connectivity index is 0.00000225. The van der Waals surface area contributed by atoms with Gasteiger partial charge in [0, 0.05) is 54.9 Å². The van der Waals surface area contributed by atoms with Gasteiger partial charge in [-0.05, 0) is 31.0 Å². The molecule has 0 aliphatic carbocycles. The monoisotopic (exact) mass is 424 g/mol. The van der Waals surface area contributed by atoms with Crippen LogP contribution in [0.1, 0.15) is 29.6 Å². The van der Waals surface area contributed by atoms with Gasteiger partial charge in [0.1, 0.15) is 0 Å². The van der Waals surface area contributed by atoms with Crippen molar-refractivity contribution in [1.29, 1.82) is 0 Å². The van der Waals surface area contributed by atoms with Crippen molar-refractivity contribution < 1.29 is 14.4 Å². The molecule has 1 aromatic carbocycles. The van der Waals surface area contributed by atoms with E-state index in [0.717, 1.165) is 35.7 Å². The first-order valence-corrected chi connectivity index (χ1v) is 10.5. The second-order valence-electron chi connectivity index (χ2n) is 7.17. The molecule has 2 N–H and O–H groups in total. The number of piperazine rings is 1. The van der Waals surface area contributed by atoms with E-state index in [2.05, 4.69) is 10.6 Å². The fourth-order valence-electron chi connectivity index (χ4n) is 3.94. The third-order valence-corrected chi connectivity index (χ3v) is 6.41. The average Bonchev–Trinajstić information content (AvgIpc) is 2.87. The van der Waals surface area contributed by atoms with E-state index in [-0.39, 0.29) is 36.2 Å². The Kier molecular flexibility index (Phi) is 6.85. The van der Waals surface area contributed by atoms with Crippen molar-refractivity contribution in [2.45, 2.75) is 30.2 Å². The van der Waals surface area contributed by atoms with Crippen LogP contribution in [0.4, 0.5) is 5.69 Å². The van der Waals surface area contributed by atoms with E-state index in [9.17, 15) is 14.4 Å². The van der Waals surface area contributed by atoms with Crippen molar-refractivity contribution in [3.8, 4) is 0 Å². The molecule has 0 aromatic heterocycles. The molecule has 1 unspecified atom stereocenters. The van der Waals surface area contributed by atoms with Gasteiger partial charge in [-0.2, -0.15) is 0 Å². The van der Waals surface area contributed by atoms with Gasteiger partial charge >= 0.3 is 0 Å². The predicted molar refractivity (Wildman–Crippen MR) is 111 cm³/mol. The summed E-state index contributed by atoms with van der Waals surface area (Å²) in [6, 6.07) is 5.63. The normalized spacial score (nSPS) is 22.6. The van der Waals surface area contributed by atoms with Crippen LogP contribution < -0.4 is 10.6 Å². The van der Waals surface area contributed by atoms with Crippen molar-refractivity contribution in [3.05, 3.63) is 23.8 Å². The van der Waals surface area contributed by atoms with E-state index in [1.165, 1.54) is 0 Å². The first kappa shape index (κ1) is 21.0. The molecule has 0 spiro atoms. The van der Waals surface area contributed by atoms with E-state index < -0.39 is 0 Å².